The van der Waals surface area contributed by atoms with Gasteiger partial charge in [-0.1, -0.05) is 29.5 Å². The Morgan fingerprint density at radius 2 is 2.00 bits per heavy atom. The summed E-state index contributed by atoms with van der Waals surface area (Å²) in [6, 6.07) is 7.60. The van der Waals surface area contributed by atoms with E-state index in [0.29, 0.717) is 11.1 Å². The highest BCUT2D eigenvalue weighted by Crippen LogP contribution is 2.39. The molecule has 0 aliphatic heterocycles. The number of hydrogen-bond donors (Lipinski definition) is 2. The molecule has 0 bridgehead atoms. The molecule has 0 radical (unpaired) electrons. The Labute approximate surface area is 144 Å². The van der Waals surface area contributed by atoms with E-state index in [-0.39, 0.29) is 18.2 Å². The molecule has 1 saturated carbocycles. The molecule has 1 fully saturated rings. The molecule has 8 heteroatoms. The molecule has 3 rings (SSSR count). The zero-order valence-electron chi connectivity index (χ0n) is 13.4. The van der Waals surface area contributed by atoms with Gasteiger partial charge in [-0.3, -0.25) is 14.2 Å². The van der Waals surface area contributed by atoms with Gasteiger partial charge in [0.2, 0.25) is 11.8 Å². The number of amides is 2. The van der Waals surface area contributed by atoms with Crippen LogP contribution in [0.1, 0.15) is 30.1 Å². The highest BCUT2D eigenvalue weighted by Gasteiger charge is 2.30. The Kier molecular flexibility index (Phi) is 4.84. The van der Waals surface area contributed by atoms with Gasteiger partial charge in [0.1, 0.15) is 12.4 Å². The van der Waals surface area contributed by atoms with Gasteiger partial charge in [-0.25, -0.2) is 0 Å². The lowest BCUT2D eigenvalue weighted by Gasteiger charge is -2.08. The largest absolute Gasteiger partial charge is 0.368 e. The van der Waals surface area contributed by atoms with Crippen molar-refractivity contribution < 1.29 is 9.59 Å². The van der Waals surface area contributed by atoms with Crippen LogP contribution in [0.15, 0.2) is 29.4 Å². The highest BCUT2D eigenvalue weighted by molar-refractivity contribution is 7.99. The van der Waals surface area contributed by atoms with Crippen LogP contribution in [-0.4, -0.2) is 32.3 Å². The van der Waals surface area contributed by atoms with Crippen LogP contribution in [0.25, 0.3) is 0 Å². The molecule has 126 valence electrons. The molecule has 1 heterocycles. The number of hydrogen-bond acceptors (Lipinski definition) is 5. The van der Waals surface area contributed by atoms with Crippen molar-refractivity contribution in [3.63, 3.8) is 0 Å². The smallest absolute Gasteiger partial charge is 0.237 e. The van der Waals surface area contributed by atoms with Crippen LogP contribution in [0.2, 0.25) is 0 Å². The molecular weight excluding hydrogens is 326 g/mol. The van der Waals surface area contributed by atoms with Crippen molar-refractivity contribution in [3.05, 3.63) is 35.7 Å². The highest BCUT2D eigenvalue weighted by atomic mass is 32.2. The van der Waals surface area contributed by atoms with E-state index in [4.69, 9.17) is 5.73 Å². The van der Waals surface area contributed by atoms with E-state index in [0.717, 1.165) is 29.9 Å². The zero-order valence-corrected chi connectivity index (χ0v) is 14.2. The zero-order chi connectivity index (χ0) is 17.1. The minimum absolute atomic E-state index is 0.0424. The van der Waals surface area contributed by atoms with Crippen molar-refractivity contribution in [2.24, 2.45) is 5.73 Å². The second kappa shape index (κ2) is 7.04. The maximum atomic E-state index is 12.1. The first-order valence-corrected chi connectivity index (χ1v) is 8.72. The SMILES string of the molecule is Cc1ccc(NC(=O)CSc2nnc(C3CC3)n2CC(N)=O)cc1. The number of thioether (sulfide) groups is 1. The van der Waals surface area contributed by atoms with Gasteiger partial charge in [0, 0.05) is 11.6 Å². The molecule has 1 aromatic carbocycles. The molecule has 1 aliphatic rings. The number of rotatable bonds is 7. The summed E-state index contributed by atoms with van der Waals surface area (Å²) in [5.74, 6) is 0.756. The molecule has 1 aliphatic carbocycles. The second-order valence-electron chi connectivity index (χ2n) is 5.87. The molecule has 2 amide bonds. The summed E-state index contributed by atoms with van der Waals surface area (Å²) >= 11 is 1.26. The van der Waals surface area contributed by atoms with Gasteiger partial charge in [-0.15, -0.1) is 10.2 Å². The van der Waals surface area contributed by atoms with Crippen molar-refractivity contribution in [2.75, 3.05) is 11.1 Å². The summed E-state index contributed by atoms with van der Waals surface area (Å²) in [6.07, 6.45) is 2.10. The normalized spacial score (nSPS) is 13.7. The van der Waals surface area contributed by atoms with Crippen molar-refractivity contribution >= 4 is 29.3 Å². The first kappa shape index (κ1) is 16.5. The molecule has 2 aromatic rings. The quantitative estimate of drug-likeness (QED) is 0.743. The number of aryl methyl sites for hydroxylation is 1. The monoisotopic (exact) mass is 345 g/mol. The van der Waals surface area contributed by atoms with Gasteiger partial charge < -0.3 is 11.1 Å². The summed E-state index contributed by atoms with van der Waals surface area (Å²) in [5, 5.41) is 11.6. The van der Waals surface area contributed by atoms with Gasteiger partial charge in [0.05, 0.1) is 5.75 Å². The molecule has 0 unspecified atom stereocenters. The fraction of sp³-hybridized carbons (Fsp3) is 0.375. The Hall–Kier alpha value is -2.35. The fourth-order valence-corrected chi connectivity index (χ4v) is 3.06. The first-order valence-electron chi connectivity index (χ1n) is 7.73. The molecule has 0 atom stereocenters. The third-order valence-corrected chi connectivity index (χ3v) is 4.64. The third-order valence-electron chi connectivity index (χ3n) is 3.67. The maximum Gasteiger partial charge on any atom is 0.237 e. The molecule has 24 heavy (non-hydrogen) atoms. The number of carbonyl (C=O) groups excluding carboxylic acids is 2. The lowest BCUT2D eigenvalue weighted by atomic mass is 10.2. The molecular formula is C16H19N5O2S. The molecule has 0 spiro atoms. The molecule has 7 nitrogen and oxygen atoms in total. The van der Waals surface area contributed by atoms with Crippen molar-refractivity contribution in [1.82, 2.24) is 14.8 Å². The Balaban J connectivity index is 1.62. The fourth-order valence-electron chi connectivity index (χ4n) is 2.32. The van der Waals surface area contributed by atoms with E-state index in [2.05, 4.69) is 15.5 Å². The predicted molar refractivity (Wildman–Crippen MR) is 91.7 cm³/mol. The van der Waals surface area contributed by atoms with Crippen LogP contribution in [0.4, 0.5) is 5.69 Å². The molecule has 0 saturated heterocycles. The number of benzene rings is 1. The van der Waals surface area contributed by atoms with E-state index in [1.54, 1.807) is 4.57 Å². The predicted octanol–water partition coefficient (Wildman–Crippen LogP) is 1.68. The van der Waals surface area contributed by atoms with Crippen LogP contribution in [0.3, 0.4) is 0 Å². The number of nitrogens with one attached hydrogen (secondary N) is 1. The number of carbonyl (C=O) groups is 2. The van der Waals surface area contributed by atoms with Gasteiger partial charge in [0.15, 0.2) is 5.16 Å². The third kappa shape index (κ3) is 4.14. The number of nitrogens with zero attached hydrogens (tertiary/aromatic N) is 3. The van der Waals surface area contributed by atoms with E-state index in [9.17, 15) is 9.59 Å². The average molecular weight is 345 g/mol. The second-order valence-corrected chi connectivity index (χ2v) is 6.81. The van der Waals surface area contributed by atoms with Crippen LogP contribution >= 0.6 is 11.8 Å². The number of primary amides is 1. The summed E-state index contributed by atoms with van der Waals surface area (Å²) in [5.41, 5.74) is 7.20. The van der Waals surface area contributed by atoms with E-state index >= 15 is 0 Å². The van der Waals surface area contributed by atoms with Crippen LogP contribution in [0.5, 0.6) is 0 Å². The minimum atomic E-state index is -0.442. The molecule has 1 aromatic heterocycles. The van der Waals surface area contributed by atoms with Crippen LogP contribution < -0.4 is 11.1 Å². The van der Waals surface area contributed by atoms with Gasteiger partial charge in [0.25, 0.3) is 0 Å². The maximum absolute atomic E-state index is 12.1. The van der Waals surface area contributed by atoms with Crippen LogP contribution in [-0.2, 0) is 16.1 Å². The topological polar surface area (TPSA) is 103 Å². The summed E-state index contributed by atoms with van der Waals surface area (Å²) in [4.78, 5) is 23.4. The van der Waals surface area contributed by atoms with Crippen LogP contribution in [0, 0.1) is 6.92 Å². The van der Waals surface area contributed by atoms with Gasteiger partial charge in [-0.2, -0.15) is 0 Å². The first-order chi connectivity index (χ1) is 11.5. The number of anilines is 1. The standard InChI is InChI=1S/C16H19N5O2S/c1-10-2-6-12(7-3-10)18-14(23)9-24-16-20-19-15(11-4-5-11)21(16)8-13(17)22/h2-3,6-7,11H,4-5,8-9H2,1H3,(H2,17,22)(H,18,23). The summed E-state index contributed by atoms with van der Waals surface area (Å²) in [6.45, 7) is 2.03. The van der Waals surface area contributed by atoms with E-state index in [1.807, 2.05) is 31.2 Å². The van der Waals surface area contributed by atoms with Gasteiger partial charge in [-0.05, 0) is 31.9 Å². The average Bonchev–Trinajstić information content (AvgIpc) is 3.30. The van der Waals surface area contributed by atoms with E-state index in [1.165, 1.54) is 11.8 Å². The van der Waals surface area contributed by atoms with Crippen molar-refractivity contribution in [1.29, 1.82) is 0 Å². The van der Waals surface area contributed by atoms with E-state index < -0.39 is 5.91 Å². The summed E-state index contributed by atoms with van der Waals surface area (Å²) < 4.78 is 1.73. The Bertz CT molecular complexity index is 752. The van der Waals surface area contributed by atoms with Crippen molar-refractivity contribution in [3.8, 4) is 0 Å². The minimum Gasteiger partial charge on any atom is -0.368 e. The van der Waals surface area contributed by atoms with Crippen molar-refractivity contribution in [2.45, 2.75) is 37.4 Å². The van der Waals surface area contributed by atoms with Gasteiger partial charge >= 0.3 is 0 Å². The lowest BCUT2D eigenvalue weighted by molar-refractivity contribution is -0.118. The molecule has 3 N–H and O–H groups in total. The summed E-state index contributed by atoms with van der Waals surface area (Å²) in [7, 11) is 0. The lowest BCUT2D eigenvalue weighted by Crippen LogP contribution is -2.21. The number of nitrogens with two attached hydrogens (primary N) is 1. The Morgan fingerprint density at radius 1 is 1.29 bits per heavy atom. The Morgan fingerprint density at radius 3 is 2.62 bits per heavy atom. The number of aromatic nitrogens is 3.